The van der Waals surface area contributed by atoms with E-state index in [4.69, 9.17) is 0 Å². The van der Waals surface area contributed by atoms with Gasteiger partial charge in [-0.1, -0.05) is 55.5 Å². The van der Waals surface area contributed by atoms with Crippen LogP contribution in [0.2, 0.25) is 0 Å². The largest absolute Gasteiger partial charge is 0.388 e. The second kappa shape index (κ2) is 5.49. The van der Waals surface area contributed by atoms with Gasteiger partial charge >= 0.3 is 0 Å². The molecule has 0 radical (unpaired) electrons. The maximum Gasteiger partial charge on any atom is 0.0818 e. The van der Waals surface area contributed by atoms with Crippen molar-refractivity contribution in [1.82, 2.24) is 0 Å². The SMILES string of the molecule is Cc1cccc([C@@H](O)C2CCCCCC2)c1. The lowest BCUT2D eigenvalue weighted by molar-refractivity contribution is 0.0987. The Morgan fingerprint density at radius 2 is 1.81 bits per heavy atom. The Hall–Kier alpha value is -0.820. The molecule has 1 fully saturated rings. The minimum Gasteiger partial charge on any atom is -0.388 e. The van der Waals surface area contributed by atoms with Gasteiger partial charge in [0.1, 0.15) is 0 Å². The van der Waals surface area contributed by atoms with Crippen molar-refractivity contribution in [1.29, 1.82) is 0 Å². The third-order valence-corrected chi connectivity index (χ3v) is 3.73. The molecule has 0 saturated heterocycles. The Bertz CT molecular complexity index is 324. The zero-order valence-corrected chi connectivity index (χ0v) is 10.2. The van der Waals surface area contributed by atoms with E-state index in [1.807, 2.05) is 6.07 Å². The number of hydrogen-bond acceptors (Lipinski definition) is 1. The molecule has 1 aromatic carbocycles. The number of hydrogen-bond donors (Lipinski definition) is 1. The van der Waals surface area contributed by atoms with E-state index in [9.17, 15) is 5.11 Å². The second-order valence-electron chi connectivity index (χ2n) is 5.11. The normalized spacial score (nSPS) is 20.4. The van der Waals surface area contributed by atoms with Crippen LogP contribution in [-0.4, -0.2) is 5.11 Å². The summed E-state index contributed by atoms with van der Waals surface area (Å²) in [4.78, 5) is 0. The Balaban J connectivity index is 2.07. The van der Waals surface area contributed by atoms with Gasteiger partial charge in [0.25, 0.3) is 0 Å². The molecule has 0 aliphatic heterocycles. The van der Waals surface area contributed by atoms with E-state index in [1.54, 1.807) is 0 Å². The van der Waals surface area contributed by atoms with Crippen molar-refractivity contribution in [2.75, 3.05) is 0 Å². The molecule has 1 atom stereocenters. The smallest absolute Gasteiger partial charge is 0.0818 e. The highest BCUT2D eigenvalue weighted by molar-refractivity contribution is 5.24. The molecular weight excluding hydrogens is 196 g/mol. The van der Waals surface area contributed by atoms with Gasteiger partial charge in [-0.05, 0) is 31.2 Å². The minimum absolute atomic E-state index is 0.252. The van der Waals surface area contributed by atoms with Gasteiger partial charge < -0.3 is 5.11 Å². The zero-order valence-electron chi connectivity index (χ0n) is 10.2. The van der Waals surface area contributed by atoms with Crippen molar-refractivity contribution < 1.29 is 5.11 Å². The maximum atomic E-state index is 10.4. The third kappa shape index (κ3) is 2.85. The number of aryl methyl sites for hydroxylation is 1. The predicted molar refractivity (Wildman–Crippen MR) is 67.3 cm³/mol. The van der Waals surface area contributed by atoms with Crippen LogP contribution in [0.4, 0.5) is 0 Å². The lowest BCUT2D eigenvalue weighted by atomic mass is 9.89. The Labute approximate surface area is 98.5 Å². The first-order chi connectivity index (χ1) is 7.77. The van der Waals surface area contributed by atoms with Crippen LogP contribution in [0.15, 0.2) is 24.3 Å². The molecule has 2 rings (SSSR count). The van der Waals surface area contributed by atoms with Gasteiger partial charge in [0.15, 0.2) is 0 Å². The van der Waals surface area contributed by atoms with Crippen LogP contribution in [-0.2, 0) is 0 Å². The van der Waals surface area contributed by atoms with Crippen LogP contribution in [0.25, 0.3) is 0 Å². The van der Waals surface area contributed by atoms with Crippen molar-refractivity contribution >= 4 is 0 Å². The molecule has 1 saturated carbocycles. The fourth-order valence-electron chi connectivity index (χ4n) is 2.75. The molecular formula is C15H22O. The molecule has 0 aromatic heterocycles. The van der Waals surface area contributed by atoms with E-state index in [-0.39, 0.29) is 6.10 Å². The first-order valence-corrected chi connectivity index (χ1v) is 6.52. The van der Waals surface area contributed by atoms with Gasteiger partial charge in [-0.3, -0.25) is 0 Å². The van der Waals surface area contributed by atoms with Gasteiger partial charge in [-0.15, -0.1) is 0 Å². The Morgan fingerprint density at radius 1 is 1.12 bits per heavy atom. The maximum absolute atomic E-state index is 10.4. The fourth-order valence-corrected chi connectivity index (χ4v) is 2.75. The van der Waals surface area contributed by atoms with Gasteiger partial charge in [0.05, 0.1) is 6.10 Å². The van der Waals surface area contributed by atoms with Crippen LogP contribution in [0.3, 0.4) is 0 Å². The quantitative estimate of drug-likeness (QED) is 0.744. The van der Waals surface area contributed by atoms with Crippen LogP contribution in [0.5, 0.6) is 0 Å². The van der Waals surface area contributed by atoms with Crippen LogP contribution < -0.4 is 0 Å². The number of benzene rings is 1. The van der Waals surface area contributed by atoms with Gasteiger partial charge in [0.2, 0.25) is 0 Å². The standard InChI is InChI=1S/C15H22O/c1-12-7-6-10-14(11-12)15(16)13-8-4-2-3-5-9-13/h6-7,10-11,13,15-16H,2-5,8-9H2,1H3/t15-/m0/s1. The summed E-state index contributed by atoms with van der Waals surface area (Å²) in [5, 5.41) is 10.4. The summed E-state index contributed by atoms with van der Waals surface area (Å²) in [7, 11) is 0. The van der Waals surface area contributed by atoms with E-state index in [0.29, 0.717) is 5.92 Å². The van der Waals surface area contributed by atoms with E-state index < -0.39 is 0 Å². The summed E-state index contributed by atoms with van der Waals surface area (Å²) in [6, 6.07) is 8.31. The topological polar surface area (TPSA) is 20.2 Å². The van der Waals surface area contributed by atoms with Gasteiger partial charge in [0, 0.05) is 0 Å². The molecule has 1 aliphatic rings. The van der Waals surface area contributed by atoms with Crippen LogP contribution >= 0.6 is 0 Å². The van der Waals surface area contributed by atoms with Crippen LogP contribution in [0.1, 0.15) is 55.8 Å². The zero-order chi connectivity index (χ0) is 11.4. The average Bonchev–Trinajstić information content (AvgIpc) is 2.56. The van der Waals surface area contributed by atoms with Crippen molar-refractivity contribution in [3.63, 3.8) is 0 Å². The van der Waals surface area contributed by atoms with E-state index in [1.165, 1.54) is 44.1 Å². The highest BCUT2D eigenvalue weighted by atomic mass is 16.3. The molecule has 88 valence electrons. The van der Waals surface area contributed by atoms with Gasteiger partial charge in [-0.25, -0.2) is 0 Å². The second-order valence-corrected chi connectivity index (χ2v) is 5.11. The average molecular weight is 218 g/mol. The summed E-state index contributed by atoms with van der Waals surface area (Å²) in [6.45, 7) is 2.09. The molecule has 1 aromatic rings. The number of rotatable bonds is 2. The summed E-state index contributed by atoms with van der Waals surface area (Å²) in [5.74, 6) is 0.476. The predicted octanol–water partition coefficient (Wildman–Crippen LogP) is 4.00. The van der Waals surface area contributed by atoms with E-state index in [0.717, 1.165) is 5.56 Å². The molecule has 1 nitrogen and oxygen atoms in total. The summed E-state index contributed by atoms with van der Waals surface area (Å²) < 4.78 is 0. The summed E-state index contributed by atoms with van der Waals surface area (Å²) in [6.07, 6.45) is 7.39. The molecule has 1 N–H and O–H groups in total. The molecule has 0 heterocycles. The summed E-state index contributed by atoms with van der Waals surface area (Å²) >= 11 is 0. The highest BCUT2D eigenvalue weighted by Crippen LogP contribution is 2.33. The van der Waals surface area contributed by atoms with Crippen molar-refractivity contribution in [2.45, 2.75) is 51.6 Å². The first-order valence-electron chi connectivity index (χ1n) is 6.52. The van der Waals surface area contributed by atoms with Crippen molar-refractivity contribution in [3.8, 4) is 0 Å². The molecule has 0 bridgehead atoms. The lowest BCUT2D eigenvalue weighted by Crippen LogP contribution is -2.12. The fraction of sp³-hybridized carbons (Fsp3) is 0.600. The molecule has 0 unspecified atom stereocenters. The Morgan fingerprint density at radius 3 is 2.44 bits per heavy atom. The molecule has 1 aliphatic carbocycles. The third-order valence-electron chi connectivity index (χ3n) is 3.73. The molecule has 16 heavy (non-hydrogen) atoms. The monoisotopic (exact) mass is 218 g/mol. The number of aliphatic hydroxyl groups excluding tert-OH is 1. The van der Waals surface area contributed by atoms with E-state index in [2.05, 4.69) is 25.1 Å². The lowest BCUT2D eigenvalue weighted by Gasteiger charge is -2.21. The molecule has 0 amide bonds. The van der Waals surface area contributed by atoms with Crippen LogP contribution in [0, 0.1) is 12.8 Å². The van der Waals surface area contributed by atoms with Crippen molar-refractivity contribution in [3.05, 3.63) is 35.4 Å². The highest BCUT2D eigenvalue weighted by Gasteiger charge is 2.21. The number of aliphatic hydroxyl groups is 1. The van der Waals surface area contributed by atoms with Crippen molar-refractivity contribution in [2.24, 2.45) is 5.92 Å². The van der Waals surface area contributed by atoms with E-state index >= 15 is 0 Å². The Kier molecular flexibility index (Phi) is 4.00. The van der Waals surface area contributed by atoms with Gasteiger partial charge in [-0.2, -0.15) is 0 Å². The summed E-state index contributed by atoms with van der Waals surface area (Å²) in [5.41, 5.74) is 2.34. The molecule has 1 heteroatoms. The minimum atomic E-state index is -0.252. The molecule has 0 spiro atoms. The first kappa shape index (κ1) is 11.7.